The van der Waals surface area contributed by atoms with Crippen LogP contribution in [0.25, 0.3) is 0 Å². The van der Waals surface area contributed by atoms with Crippen LogP contribution >= 0.6 is 11.3 Å². The van der Waals surface area contributed by atoms with Crippen LogP contribution < -0.4 is 10.0 Å². The zero-order valence-electron chi connectivity index (χ0n) is 13.1. The maximum Gasteiger partial charge on any atom is 0.241 e. The maximum atomic E-state index is 12.3. The predicted molar refractivity (Wildman–Crippen MR) is 88.1 cm³/mol. The van der Waals surface area contributed by atoms with E-state index in [0.717, 1.165) is 37.1 Å². The topological polar surface area (TPSA) is 58.2 Å². The number of rotatable bonds is 9. The lowest BCUT2D eigenvalue weighted by molar-refractivity contribution is 0.449. The average molecular weight is 331 g/mol. The summed E-state index contributed by atoms with van der Waals surface area (Å²) in [7, 11) is -3.36. The lowest BCUT2D eigenvalue weighted by Gasteiger charge is -2.14. The predicted octanol–water partition coefficient (Wildman–Crippen LogP) is 3.10. The second-order valence-electron chi connectivity index (χ2n) is 6.36. The van der Waals surface area contributed by atoms with Crippen LogP contribution in [0.1, 0.15) is 51.3 Å². The van der Waals surface area contributed by atoms with E-state index in [4.69, 9.17) is 0 Å². The first kappa shape index (κ1) is 16.9. The zero-order chi connectivity index (χ0) is 15.5. The fourth-order valence-electron chi connectivity index (χ4n) is 2.45. The van der Waals surface area contributed by atoms with Crippen molar-refractivity contribution in [1.29, 1.82) is 0 Å². The first-order valence-corrected chi connectivity index (χ1v) is 10.0. The number of sulfonamides is 1. The molecule has 1 saturated carbocycles. The quantitative estimate of drug-likeness (QED) is 0.731. The van der Waals surface area contributed by atoms with Gasteiger partial charge in [0.15, 0.2) is 0 Å². The van der Waals surface area contributed by atoms with Crippen molar-refractivity contribution in [3.63, 3.8) is 0 Å². The molecular weight excluding hydrogens is 304 g/mol. The molecule has 0 saturated heterocycles. The third-order valence-electron chi connectivity index (χ3n) is 4.00. The van der Waals surface area contributed by atoms with E-state index in [9.17, 15) is 8.42 Å². The van der Waals surface area contributed by atoms with Crippen LogP contribution in [0.3, 0.4) is 0 Å². The number of thiophene rings is 1. The van der Waals surface area contributed by atoms with Crippen LogP contribution in [0.4, 0.5) is 0 Å². The molecule has 2 rings (SSSR count). The lowest BCUT2D eigenvalue weighted by atomic mass is 10.0. The highest BCUT2D eigenvalue weighted by molar-refractivity contribution is 7.89. The summed E-state index contributed by atoms with van der Waals surface area (Å²) in [6, 6.07) is 2.18. The van der Waals surface area contributed by atoms with E-state index in [-0.39, 0.29) is 5.41 Å². The summed E-state index contributed by atoms with van der Waals surface area (Å²) in [5.74, 6) is 0. The minimum Gasteiger partial charge on any atom is -0.310 e. The summed E-state index contributed by atoms with van der Waals surface area (Å²) in [4.78, 5) is 1.46. The van der Waals surface area contributed by atoms with Gasteiger partial charge in [0.25, 0.3) is 0 Å². The maximum absolute atomic E-state index is 12.3. The molecule has 1 aliphatic carbocycles. The van der Waals surface area contributed by atoms with E-state index >= 15 is 0 Å². The fourth-order valence-corrected chi connectivity index (χ4v) is 4.84. The second-order valence-corrected chi connectivity index (χ2v) is 9.12. The monoisotopic (exact) mass is 330 g/mol. The lowest BCUT2D eigenvalue weighted by Crippen LogP contribution is -2.30. The number of nitrogens with one attached hydrogen (secondary N) is 2. The van der Waals surface area contributed by atoms with Crippen LogP contribution in [-0.2, 0) is 16.6 Å². The highest BCUT2D eigenvalue weighted by Crippen LogP contribution is 2.49. The Hall–Kier alpha value is -0.430. The summed E-state index contributed by atoms with van der Waals surface area (Å²) in [6.07, 6.45) is 4.53. The minimum atomic E-state index is -3.36. The van der Waals surface area contributed by atoms with Crippen molar-refractivity contribution in [2.45, 2.75) is 63.9 Å². The Bertz CT molecular complexity index is 560. The molecule has 1 aromatic rings. The molecule has 0 unspecified atom stereocenters. The van der Waals surface area contributed by atoms with E-state index in [1.165, 1.54) is 11.3 Å². The van der Waals surface area contributed by atoms with Gasteiger partial charge in [-0.25, -0.2) is 13.1 Å². The third-order valence-corrected chi connectivity index (χ3v) is 6.47. The zero-order valence-corrected chi connectivity index (χ0v) is 14.7. The van der Waals surface area contributed by atoms with Crippen molar-refractivity contribution in [3.8, 4) is 0 Å². The first-order chi connectivity index (χ1) is 9.87. The molecule has 0 aromatic carbocycles. The Morgan fingerprint density at radius 2 is 2.10 bits per heavy atom. The van der Waals surface area contributed by atoms with E-state index in [1.807, 2.05) is 0 Å². The van der Waals surface area contributed by atoms with Gasteiger partial charge in [0.1, 0.15) is 0 Å². The molecule has 2 N–H and O–H groups in total. The SMILES string of the molecule is CCCC1(CNS(=O)(=O)c2csc(CNC(C)C)c2)CC1. The summed E-state index contributed by atoms with van der Waals surface area (Å²) in [6.45, 7) is 7.61. The van der Waals surface area contributed by atoms with Crippen LogP contribution in [0.2, 0.25) is 0 Å². The van der Waals surface area contributed by atoms with Crippen molar-refractivity contribution < 1.29 is 8.42 Å². The van der Waals surface area contributed by atoms with E-state index < -0.39 is 10.0 Å². The van der Waals surface area contributed by atoms with Crippen LogP contribution in [0, 0.1) is 5.41 Å². The van der Waals surface area contributed by atoms with Gasteiger partial charge in [0.2, 0.25) is 10.0 Å². The first-order valence-electron chi connectivity index (χ1n) is 7.67. The molecule has 120 valence electrons. The van der Waals surface area contributed by atoms with Gasteiger partial charge in [-0.15, -0.1) is 11.3 Å². The highest BCUT2D eigenvalue weighted by atomic mass is 32.2. The average Bonchev–Trinajstić information content (AvgIpc) is 3.01. The van der Waals surface area contributed by atoms with Gasteiger partial charge in [0.05, 0.1) is 4.90 Å². The van der Waals surface area contributed by atoms with Crippen molar-refractivity contribution in [3.05, 3.63) is 16.3 Å². The molecule has 1 fully saturated rings. The molecule has 6 heteroatoms. The van der Waals surface area contributed by atoms with Gasteiger partial charge in [-0.05, 0) is 30.7 Å². The molecule has 0 aliphatic heterocycles. The molecule has 0 spiro atoms. The van der Waals surface area contributed by atoms with Gasteiger partial charge < -0.3 is 5.32 Å². The Labute approximate surface area is 132 Å². The normalized spacial score (nSPS) is 17.3. The molecule has 0 bridgehead atoms. The number of hydrogen-bond acceptors (Lipinski definition) is 4. The second kappa shape index (κ2) is 6.77. The molecule has 1 aromatic heterocycles. The van der Waals surface area contributed by atoms with Gasteiger partial charge in [-0.3, -0.25) is 0 Å². The van der Waals surface area contributed by atoms with E-state index in [2.05, 4.69) is 30.8 Å². The summed E-state index contributed by atoms with van der Waals surface area (Å²) >= 11 is 1.50. The molecule has 1 aliphatic rings. The van der Waals surface area contributed by atoms with Crippen molar-refractivity contribution >= 4 is 21.4 Å². The van der Waals surface area contributed by atoms with Gasteiger partial charge in [-0.2, -0.15) is 0 Å². The Morgan fingerprint density at radius 1 is 1.38 bits per heavy atom. The van der Waals surface area contributed by atoms with Crippen LogP contribution in [0.5, 0.6) is 0 Å². The molecule has 0 atom stereocenters. The minimum absolute atomic E-state index is 0.236. The molecular formula is C15H26N2O2S2. The summed E-state index contributed by atoms with van der Waals surface area (Å²) < 4.78 is 27.5. The van der Waals surface area contributed by atoms with Crippen molar-refractivity contribution in [1.82, 2.24) is 10.0 Å². The molecule has 0 amide bonds. The molecule has 4 nitrogen and oxygen atoms in total. The van der Waals surface area contributed by atoms with Crippen LogP contribution in [0.15, 0.2) is 16.3 Å². The Balaban J connectivity index is 1.93. The van der Waals surface area contributed by atoms with Crippen molar-refractivity contribution in [2.75, 3.05) is 6.54 Å². The van der Waals surface area contributed by atoms with E-state index in [1.54, 1.807) is 11.4 Å². The number of hydrogen-bond donors (Lipinski definition) is 2. The largest absolute Gasteiger partial charge is 0.310 e. The standard InChI is InChI=1S/C15H26N2O2S2/c1-4-5-15(6-7-15)11-17-21(18,19)14-8-13(20-10-14)9-16-12(2)3/h8,10,12,16-17H,4-7,9,11H2,1-3H3. The summed E-state index contributed by atoms with van der Waals surface area (Å²) in [5, 5.41) is 5.04. The molecule has 21 heavy (non-hydrogen) atoms. The van der Waals surface area contributed by atoms with Gasteiger partial charge >= 0.3 is 0 Å². The molecule has 0 radical (unpaired) electrons. The summed E-state index contributed by atoms with van der Waals surface area (Å²) in [5.41, 5.74) is 0.236. The van der Waals surface area contributed by atoms with Crippen LogP contribution in [-0.4, -0.2) is 21.0 Å². The van der Waals surface area contributed by atoms with Gasteiger partial charge in [-0.1, -0.05) is 27.2 Å². The highest BCUT2D eigenvalue weighted by Gasteiger charge is 2.42. The van der Waals surface area contributed by atoms with Gasteiger partial charge in [0, 0.05) is 29.4 Å². The Kier molecular flexibility index (Phi) is 5.46. The third kappa shape index (κ3) is 4.77. The molecule has 1 heterocycles. The smallest absolute Gasteiger partial charge is 0.241 e. The van der Waals surface area contributed by atoms with Crippen molar-refractivity contribution in [2.24, 2.45) is 5.41 Å². The fraction of sp³-hybridized carbons (Fsp3) is 0.733. The Morgan fingerprint density at radius 3 is 2.67 bits per heavy atom. The van der Waals surface area contributed by atoms with E-state index in [0.29, 0.717) is 17.5 Å².